The predicted molar refractivity (Wildman–Crippen MR) is 62.6 cm³/mol. The molecule has 4 heteroatoms. The first-order valence-corrected chi connectivity index (χ1v) is 6.04. The van der Waals surface area contributed by atoms with Crippen LogP contribution in [-0.2, 0) is 0 Å². The summed E-state index contributed by atoms with van der Waals surface area (Å²) < 4.78 is 1.87. The Balaban J connectivity index is 2.12. The van der Waals surface area contributed by atoms with Crippen molar-refractivity contribution < 1.29 is 0 Å². The van der Waals surface area contributed by atoms with E-state index < -0.39 is 0 Å². The highest BCUT2D eigenvalue weighted by Crippen LogP contribution is 2.42. The number of hydrogen-bond acceptors (Lipinski definition) is 3. The van der Waals surface area contributed by atoms with Gasteiger partial charge in [-0.2, -0.15) is 5.10 Å². The van der Waals surface area contributed by atoms with Crippen molar-refractivity contribution in [2.24, 2.45) is 0 Å². The smallest absolute Gasteiger partial charge is 0.131 e. The molecule has 15 heavy (non-hydrogen) atoms. The molecule has 1 fully saturated rings. The monoisotopic (exact) mass is 219 g/mol. The Morgan fingerprint density at radius 2 is 2.33 bits per heavy atom. The van der Waals surface area contributed by atoms with Crippen LogP contribution in [0.2, 0.25) is 0 Å². The molecule has 0 aromatic carbocycles. The first-order chi connectivity index (χ1) is 7.27. The minimum absolute atomic E-state index is 0.661. The summed E-state index contributed by atoms with van der Waals surface area (Å²) in [6, 6.07) is 4.07. The third-order valence-corrected chi connectivity index (χ3v) is 3.73. The molecular weight excluding hydrogens is 206 g/mol. The SMILES string of the molecule is Cc1c(C2CC2)nn(-c2cccs2)c1N. The molecule has 0 amide bonds. The third kappa shape index (κ3) is 1.36. The highest BCUT2D eigenvalue weighted by molar-refractivity contribution is 7.12. The van der Waals surface area contributed by atoms with Gasteiger partial charge in [0, 0.05) is 11.5 Å². The van der Waals surface area contributed by atoms with Crippen molar-refractivity contribution in [2.75, 3.05) is 5.73 Å². The molecule has 1 aliphatic rings. The van der Waals surface area contributed by atoms with Crippen molar-refractivity contribution in [3.63, 3.8) is 0 Å². The Bertz CT molecular complexity index is 480. The summed E-state index contributed by atoms with van der Waals surface area (Å²) in [5.41, 5.74) is 8.42. The largest absolute Gasteiger partial charge is 0.383 e. The van der Waals surface area contributed by atoms with Gasteiger partial charge < -0.3 is 5.73 Å². The van der Waals surface area contributed by atoms with E-state index in [9.17, 15) is 0 Å². The standard InChI is InChI=1S/C11H13N3S/c1-7-10(8-4-5-8)13-14(11(7)12)9-3-2-6-15-9/h2-3,6,8H,4-5,12H2,1H3. The molecule has 0 bridgehead atoms. The van der Waals surface area contributed by atoms with Gasteiger partial charge in [-0.3, -0.25) is 0 Å². The average molecular weight is 219 g/mol. The van der Waals surface area contributed by atoms with Crippen LogP contribution in [-0.4, -0.2) is 9.78 Å². The molecule has 0 spiro atoms. The van der Waals surface area contributed by atoms with Gasteiger partial charge >= 0.3 is 0 Å². The molecular formula is C11H13N3S. The van der Waals surface area contributed by atoms with Gasteiger partial charge in [0.25, 0.3) is 0 Å². The number of hydrogen-bond donors (Lipinski definition) is 1. The van der Waals surface area contributed by atoms with Crippen molar-refractivity contribution in [2.45, 2.75) is 25.7 Å². The van der Waals surface area contributed by atoms with Gasteiger partial charge in [0.1, 0.15) is 10.8 Å². The van der Waals surface area contributed by atoms with Crippen molar-refractivity contribution in [3.05, 3.63) is 28.8 Å². The van der Waals surface area contributed by atoms with E-state index in [1.165, 1.54) is 18.5 Å². The van der Waals surface area contributed by atoms with E-state index in [1.54, 1.807) is 11.3 Å². The fourth-order valence-electron chi connectivity index (χ4n) is 1.83. The first-order valence-electron chi connectivity index (χ1n) is 5.16. The Labute approximate surface area is 92.5 Å². The van der Waals surface area contributed by atoms with E-state index in [0.717, 1.165) is 16.4 Å². The molecule has 2 N–H and O–H groups in total. The lowest BCUT2D eigenvalue weighted by Crippen LogP contribution is -1.99. The molecule has 1 aliphatic carbocycles. The lowest BCUT2D eigenvalue weighted by Gasteiger charge is -1.98. The van der Waals surface area contributed by atoms with Crippen molar-refractivity contribution >= 4 is 17.2 Å². The summed E-state index contributed by atoms with van der Waals surface area (Å²) in [4.78, 5) is 0. The molecule has 0 unspecified atom stereocenters. The van der Waals surface area contributed by atoms with Gasteiger partial charge in [0.15, 0.2) is 0 Å². The summed E-state index contributed by atoms with van der Waals surface area (Å²) in [6.07, 6.45) is 2.53. The van der Waals surface area contributed by atoms with Crippen LogP contribution < -0.4 is 5.73 Å². The summed E-state index contributed by atoms with van der Waals surface area (Å²) in [5, 5.41) is 7.76. The predicted octanol–water partition coefficient (Wildman–Crippen LogP) is 2.70. The van der Waals surface area contributed by atoms with Gasteiger partial charge in [-0.15, -0.1) is 11.3 Å². The summed E-state index contributed by atoms with van der Waals surface area (Å²) in [6.45, 7) is 2.07. The average Bonchev–Trinajstić information content (AvgIpc) is 2.84. The maximum Gasteiger partial charge on any atom is 0.131 e. The fourth-order valence-corrected chi connectivity index (χ4v) is 2.52. The van der Waals surface area contributed by atoms with Crippen molar-refractivity contribution in [3.8, 4) is 5.00 Å². The van der Waals surface area contributed by atoms with E-state index in [4.69, 9.17) is 5.73 Å². The second-order valence-corrected chi connectivity index (χ2v) is 4.96. The Hall–Kier alpha value is -1.29. The van der Waals surface area contributed by atoms with E-state index in [-0.39, 0.29) is 0 Å². The minimum atomic E-state index is 0.661. The van der Waals surface area contributed by atoms with Crippen LogP contribution in [0.4, 0.5) is 5.82 Å². The maximum atomic E-state index is 6.07. The van der Waals surface area contributed by atoms with Gasteiger partial charge in [-0.05, 0) is 37.3 Å². The van der Waals surface area contributed by atoms with Gasteiger partial charge in [0.05, 0.1) is 5.69 Å². The van der Waals surface area contributed by atoms with E-state index in [1.807, 2.05) is 22.2 Å². The molecule has 3 rings (SSSR count). The number of anilines is 1. The molecule has 2 aromatic heterocycles. The molecule has 2 heterocycles. The summed E-state index contributed by atoms with van der Waals surface area (Å²) >= 11 is 1.66. The van der Waals surface area contributed by atoms with Crippen LogP contribution in [0.3, 0.4) is 0 Å². The quantitative estimate of drug-likeness (QED) is 0.844. The molecule has 0 saturated heterocycles. The van der Waals surface area contributed by atoms with Gasteiger partial charge in [-0.25, -0.2) is 4.68 Å². The van der Waals surface area contributed by atoms with Crippen LogP contribution in [0.25, 0.3) is 5.00 Å². The Kier molecular flexibility index (Phi) is 1.85. The Morgan fingerprint density at radius 3 is 2.93 bits per heavy atom. The highest BCUT2D eigenvalue weighted by atomic mass is 32.1. The van der Waals surface area contributed by atoms with Crippen molar-refractivity contribution in [1.82, 2.24) is 9.78 Å². The number of nitrogen functional groups attached to an aromatic ring is 1. The van der Waals surface area contributed by atoms with Gasteiger partial charge in [-0.1, -0.05) is 0 Å². The van der Waals surface area contributed by atoms with Gasteiger partial charge in [0.2, 0.25) is 0 Å². The normalized spacial score (nSPS) is 15.8. The molecule has 3 nitrogen and oxygen atoms in total. The lowest BCUT2D eigenvalue weighted by molar-refractivity contribution is 0.856. The molecule has 0 atom stereocenters. The van der Waals surface area contributed by atoms with Crippen LogP contribution in [0.15, 0.2) is 17.5 Å². The number of rotatable bonds is 2. The molecule has 0 aliphatic heterocycles. The minimum Gasteiger partial charge on any atom is -0.383 e. The first kappa shape index (κ1) is 8.97. The van der Waals surface area contributed by atoms with Crippen molar-refractivity contribution in [1.29, 1.82) is 0 Å². The zero-order chi connectivity index (χ0) is 10.4. The Morgan fingerprint density at radius 1 is 1.53 bits per heavy atom. The van der Waals surface area contributed by atoms with Crippen LogP contribution >= 0.6 is 11.3 Å². The number of aromatic nitrogens is 2. The highest BCUT2D eigenvalue weighted by Gasteiger charge is 2.29. The van der Waals surface area contributed by atoms with Crippen LogP contribution in [0, 0.1) is 6.92 Å². The van der Waals surface area contributed by atoms with Crippen LogP contribution in [0.5, 0.6) is 0 Å². The maximum absolute atomic E-state index is 6.07. The molecule has 0 radical (unpaired) electrons. The molecule has 1 saturated carbocycles. The number of nitrogens with zero attached hydrogens (tertiary/aromatic N) is 2. The summed E-state index contributed by atoms with van der Waals surface area (Å²) in [7, 11) is 0. The fraction of sp³-hybridized carbons (Fsp3) is 0.364. The number of thiophene rings is 1. The van der Waals surface area contributed by atoms with E-state index in [0.29, 0.717) is 5.92 Å². The zero-order valence-electron chi connectivity index (χ0n) is 8.60. The van der Waals surface area contributed by atoms with Crippen LogP contribution in [0.1, 0.15) is 30.0 Å². The summed E-state index contributed by atoms with van der Waals surface area (Å²) in [5.74, 6) is 1.45. The third-order valence-electron chi connectivity index (χ3n) is 2.88. The van der Waals surface area contributed by atoms with E-state index >= 15 is 0 Å². The van der Waals surface area contributed by atoms with E-state index in [2.05, 4.69) is 12.0 Å². The topological polar surface area (TPSA) is 43.8 Å². The zero-order valence-corrected chi connectivity index (χ0v) is 9.42. The molecule has 2 aromatic rings. The number of nitrogens with two attached hydrogens (primary N) is 1. The lowest BCUT2D eigenvalue weighted by atomic mass is 10.2. The second kappa shape index (κ2) is 3.10. The molecule has 78 valence electrons. The second-order valence-electron chi connectivity index (χ2n) is 4.03.